The molecule has 8 atom stereocenters. The highest BCUT2D eigenvalue weighted by molar-refractivity contribution is 5.87. The summed E-state index contributed by atoms with van der Waals surface area (Å²) >= 11 is 0. The molecular formula is C46H54N8O5. The average molecular weight is 799 g/mol. The molecule has 3 aromatic heterocycles. The number of benzene rings is 2. The minimum Gasteiger partial charge on any atom is -0.453 e. The number of nitrogens with zero attached hydrogens (tertiary/aromatic N) is 4. The van der Waals surface area contributed by atoms with E-state index < -0.39 is 18.2 Å². The maximum Gasteiger partial charge on any atom is 0.407 e. The van der Waals surface area contributed by atoms with Gasteiger partial charge >= 0.3 is 6.09 Å². The summed E-state index contributed by atoms with van der Waals surface area (Å²) in [4.78, 5) is 62.4. The van der Waals surface area contributed by atoms with Crippen molar-refractivity contribution in [3.8, 4) is 33.6 Å². The maximum atomic E-state index is 14.0. The number of nitrogens with one attached hydrogen (secondary N) is 4. The number of aromatic nitrogens is 5. The van der Waals surface area contributed by atoms with Gasteiger partial charge in [0.25, 0.3) is 0 Å². The minimum absolute atomic E-state index is 0.0694. The van der Waals surface area contributed by atoms with Crippen LogP contribution in [0.1, 0.15) is 88.1 Å². The largest absolute Gasteiger partial charge is 0.453 e. The van der Waals surface area contributed by atoms with Gasteiger partial charge in [-0.2, -0.15) is 0 Å². The molecule has 59 heavy (non-hydrogen) atoms. The number of hydrogen-bond acceptors (Lipinski definition) is 8. The van der Waals surface area contributed by atoms with Crippen molar-refractivity contribution >= 4 is 17.9 Å². The molecule has 13 nitrogen and oxygen atoms in total. The summed E-state index contributed by atoms with van der Waals surface area (Å²) < 4.78 is 10.2. The number of fused-ring (bicyclic) bond motifs is 2. The van der Waals surface area contributed by atoms with E-state index in [9.17, 15) is 14.4 Å². The van der Waals surface area contributed by atoms with Crippen molar-refractivity contribution in [2.24, 2.45) is 23.7 Å². The fourth-order valence-corrected chi connectivity index (χ4v) is 9.69. The predicted octanol–water partition coefficient (Wildman–Crippen LogP) is 7.60. The number of H-pyrrole nitrogens is 2. The molecule has 3 amide bonds. The van der Waals surface area contributed by atoms with E-state index in [1.807, 2.05) is 24.5 Å². The van der Waals surface area contributed by atoms with Crippen molar-refractivity contribution in [3.63, 3.8) is 0 Å². The molecule has 4 heterocycles. The Balaban J connectivity index is 0.928. The van der Waals surface area contributed by atoms with Gasteiger partial charge in [0.15, 0.2) is 0 Å². The standard InChI is InChI=1S/C46H54N8O5/c1-26(2)40(34-8-6-20-47-23-34)52-44(55)39-33-19-18-32(22-33)38(39)43-49-25-36(51-43)31-16-12-29(13-17-31)28-10-14-30(15-11-28)35-24-48-42(50-35)37-9-7-21-54(37)45(56)41(27(3)58-4)53-46(57)59-5/h6,8,10-17,20,23-27,32-33,37-41H,7,9,18-19,21-22H2,1-5H3,(H,48,50)(H,49,51)(H,52,55)(H,53,57)/t27-,32?,33?,37+,38?,39?,40+,41+/m1/s1. The smallest absolute Gasteiger partial charge is 0.407 e. The summed E-state index contributed by atoms with van der Waals surface area (Å²) in [7, 11) is 2.77. The van der Waals surface area contributed by atoms with Crippen LogP contribution in [0, 0.1) is 23.7 Å². The number of hydrogen-bond donors (Lipinski definition) is 4. The Morgan fingerprint density at radius 2 is 1.41 bits per heavy atom. The third-order valence-electron chi connectivity index (χ3n) is 12.9. The molecule has 1 aliphatic heterocycles. The molecule has 4 unspecified atom stereocenters. The summed E-state index contributed by atoms with van der Waals surface area (Å²) in [6.07, 6.45) is 11.0. The van der Waals surface area contributed by atoms with Crippen LogP contribution in [-0.4, -0.2) is 80.6 Å². The first-order valence-corrected chi connectivity index (χ1v) is 20.8. The average Bonchev–Trinajstić information content (AvgIpc) is 4.13. The van der Waals surface area contributed by atoms with Gasteiger partial charge in [-0.05, 0) is 90.7 Å². The third kappa shape index (κ3) is 8.12. The van der Waals surface area contributed by atoms with Crippen molar-refractivity contribution in [2.45, 2.75) is 83.0 Å². The Hall–Kier alpha value is -5.82. The van der Waals surface area contributed by atoms with Crippen LogP contribution in [0.2, 0.25) is 0 Å². The predicted molar refractivity (Wildman–Crippen MR) is 224 cm³/mol. The second kappa shape index (κ2) is 17.2. The summed E-state index contributed by atoms with van der Waals surface area (Å²) in [5.74, 6) is 2.51. The van der Waals surface area contributed by atoms with E-state index in [-0.39, 0.29) is 41.7 Å². The number of aromatic amines is 2. The van der Waals surface area contributed by atoms with E-state index >= 15 is 0 Å². The van der Waals surface area contributed by atoms with Gasteiger partial charge < -0.3 is 35.0 Å². The van der Waals surface area contributed by atoms with Crippen molar-refractivity contribution in [2.75, 3.05) is 20.8 Å². The Bertz CT molecular complexity index is 2240. The molecule has 2 aromatic carbocycles. The van der Waals surface area contributed by atoms with E-state index in [4.69, 9.17) is 14.5 Å². The highest BCUT2D eigenvalue weighted by atomic mass is 16.5. The van der Waals surface area contributed by atoms with Gasteiger partial charge in [0.2, 0.25) is 11.8 Å². The molecular weight excluding hydrogens is 745 g/mol. The Morgan fingerprint density at radius 3 is 2.02 bits per heavy atom. The normalized spacial score (nSPS) is 22.6. The molecule has 2 aliphatic carbocycles. The Kier molecular flexibility index (Phi) is 11.6. The van der Waals surface area contributed by atoms with Crippen LogP contribution >= 0.6 is 0 Å². The van der Waals surface area contributed by atoms with E-state index in [0.29, 0.717) is 24.2 Å². The fourth-order valence-electron chi connectivity index (χ4n) is 9.69. The molecule has 4 N–H and O–H groups in total. The number of likely N-dealkylation sites (tertiary alicyclic amines) is 1. The molecule has 5 aromatic rings. The lowest BCUT2D eigenvalue weighted by Crippen LogP contribution is -2.54. The quantitative estimate of drug-likeness (QED) is 0.0946. The summed E-state index contributed by atoms with van der Waals surface area (Å²) in [5, 5.41) is 6.04. The van der Waals surface area contributed by atoms with Crippen LogP contribution in [0.4, 0.5) is 4.79 Å². The van der Waals surface area contributed by atoms with Crippen molar-refractivity contribution in [3.05, 3.63) is 103 Å². The number of carbonyl (C=O) groups is 3. The molecule has 3 fully saturated rings. The lowest BCUT2D eigenvalue weighted by molar-refractivity contribution is -0.137. The first kappa shape index (κ1) is 40.0. The zero-order valence-electron chi connectivity index (χ0n) is 34.4. The number of rotatable bonds is 13. The van der Waals surface area contributed by atoms with Gasteiger partial charge in [-0.25, -0.2) is 14.8 Å². The number of ether oxygens (including phenoxy) is 2. The van der Waals surface area contributed by atoms with E-state index in [2.05, 4.69) is 92.9 Å². The Labute approximate surface area is 345 Å². The van der Waals surface area contributed by atoms with Gasteiger partial charge in [-0.15, -0.1) is 0 Å². The van der Waals surface area contributed by atoms with E-state index in [0.717, 1.165) is 77.1 Å². The summed E-state index contributed by atoms with van der Waals surface area (Å²) in [6.45, 7) is 6.57. The first-order valence-electron chi connectivity index (χ1n) is 20.8. The summed E-state index contributed by atoms with van der Waals surface area (Å²) in [6, 6.07) is 19.5. The van der Waals surface area contributed by atoms with Crippen LogP contribution in [0.15, 0.2) is 85.5 Å². The molecule has 3 aliphatic rings. The third-order valence-corrected chi connectivity index (χ3v) is 12.9. The van der Waals surface area contributed by atoms with Crippen LogP contribution < -0.4 is 10.6 Å². The minimum atomic E-state index is -0.887. The van der Waals surface area contributed by atoms with Crippen molar-refractivity contribution in [1.29, 1.82) is 0 Å². The number of alkyl carbamates (subject to hydrolysis) is 1. The number of methoxy groups -OCH3 is 2. The second-order valence-electron chi connectivity index (χ2n) is 16.7. The van der Waals surface area contributed by atoms with E-state index in [1.54, 1.807) is 24.2 Å². The zero-order chi connectivity index (χ0) is 41.2. The van der Waals surface area contributed by atoms with Gasteiger partial charge in [-0.1, -0.05) is 68.4 Å². The number of pyridine rings is 1. The molecule has 1 saturated heterocycles. The van der Waals surface area contributed by atoms with E-state index in [1.165, 1.54) is 14.2 Å². The van der Waals surface area contributed by atoms with Crippen LogP contribution in [0.5, 0.6) is 0 Å². The summed E-state index contributed by atoms with van der Waals surface area (Å²) in [5.41, 5.74) is 7.02. The zero-order valence-corrected chi connectivity index (χ0v) is 34.4. The lowest BCUT2D eigenvalue weighted by atomic mass is 9.78. The van der Waals surface area contributed by atoms with Crippen molar-refractivity contribution < 1.29 is 23.9 Å². The molecule has 2 bridgehead atoms. The monoisotopic (exact) mass is 798 g/mol. The topological polar surface area (TPSA) is 167 Å². The lowest BCUT2D eigenvalue weighted by Gasteiger charge is -2.31. The van der Waals surface area contributed by atoms with Crippen LogP contribution in [0.3, 0.4) is 0 Å². The molecule has 0 radical (unpaired) electrons. The molecule has 0 spiro atoms. The fraction of sp³-hybridized carbons (Fsp3) is 0.435. The SMILES string of the molecule is COC(=O)N[C@H](C(=O)N1CCC[C@H]1c1ncc(-c2ccc(-c3ccc(-c4cnc(C5C6CCC(C6)C5C(=O)N[C@H](c5cccnc5)C(C)C)[nH]4)cc3)cc2)[nH]1)[C@@H](C)OC. The van der Waals surface area contributed by atoms with Crippen molar-refractivity contribution in [1.82, 2.24) is 40.5 Å². The number of amides is 3. The molecule has 308 valence electrons. The van der Waals surface area contributed by atoms with Gasteiger partial charge in [0.1, 0.15) is 17.7 Å². The van der Waals surface area contributed by atoms with Gasteiger partial charge in [0.05, 0.1) is 55.0 Å². The van der Waals surface area contributed by atoms with Gasteiger partial charge in [0, 0.05) is 32.0 Å². The molecule has 13 heteroatoms. The van der Waals surface area contributed by atoms with Crippen LogP contribution in [0.25, 0.3) is 33.6 Å². The van der Waals surface area contributed by atoms with Gasteiger partial charge in [-0.3, -0.25) is 14.6 Å². The number of carbonyl (C=O) groups excluding carboxylic acids is 3. The number of imidazole rings is 2. The highest BCUT2D eigenvalue weighted by Gasteiger charge is 2.52. The molecule has 2 saturated carbocycles. The molecule has 8 rings (SSSR count). The maximum absolute atomic E-state index is 14.0. The second-order valence-corrected chi connectivity index (χ2v) is 16.7. The van der Waals surface area contributed by atoms with Crippen LogP contribution in [-0.2, 0) is 19.1 Å². The highest BCUT2D eigenvalue weighted by Crippen LogP contribution is 2.56. The first-order chi connectivity index (χ1) is 28.6. The Morgan fingerprint density at radius 1 is 0.780 bits per heavy atom.